The molecule has 0 radical (unpaired) electrons. The van der Waals surface area contributed by atoms with Crippen LogP contribution in [0.2, 0.25) is 0 Å². The average Bonchev–Trinajstić information content (AvgIpc) is 2.64. The maximum atomic E-state index is 12.5. The summed E-state index contributed by atoms with van der Waals surface area (Å²) in [4.78, 5) is 18.1. The molecule has 0 saturated carbocycles. The van der Waals surface area contributed by atoms with E-state index in [1.165, 1.54) is 5.56 Å². The average molecular weight is 400 g/mol. The van der Waals surface area contributed by atoms with Gasteiger partial charge in [-0.25, -0.2) is 0 Å². The van der Waals surface area contributed by atoms with Crippen LogP contribution in [0.1, 0.15) is 56.8 Å². The molecule has 0 bridgehead atoms. The minimum atomic E-state index is -1.15. The summed E-state index contributed by atoms with van der Waals surface area (Å²) in [7, 11) is 1.83. The van der Waals surface area contributed by atoms with Gasteiger partial charge >= 0.3 is 0 Å². The van der Waals surface area contributed by atoms with E-state index >= 15 is 0 Å². The van der Waals surface area contributed by atoms with Gasteiger partial charge < -0.3 is 9.45 Å². The molecule has 1 aromatic carbocycles. The maximum Gasteiger partial charge on any atom is 0.227 e. The maximum absolute atomic E-state index is 12.5. The van der Waals surface area contributed by atoms with E-state index in [2.05, 4.69) is 22.7 Å². The van der Waals surface area contributed by atoms with Crippen molar-refractivity contribution in [3.63, 3.8) is 0 Å². The first-order chi connectivity index (χ1) is 13.1. The van der Waals surface area contributed by atoms with Crippen molar-refractivity contribution in [2.24, 2.45) is 0 Å². The minimum absolute atomic E-state index is 0.0751. The summed E-state index contributed by atoms with van der Waals surface area (Å²) in [6, 6.07) is 6.16. The van der Waals surface area contributed by atoms with Gasteiger partial charge in [0.2, 0.25) is 5.91 Å². The van der Waals surface area contributed by atoms with Crippen molar-refractivity contribution >= 4 is 23.0 Å². The fourth-order valence-corrected chi connectivity index (χ4v) is 4.30. The molecule has 0 spiro atoms. The van der Waals surface area contributed by atoms with E-state index in [9.17, 15) is 9.35 Å². The Morgan fingerprint density at radius 2 is 1.96 bits per heavy atom. The zero-order valence-electron chi connectivity index (χ0n) is 17.5. The molecule has 1 aliphatic rings. The quantitative estimate of drug-likeness (QED) is 0.787. The predicted octanol–water partition coefficient (Wildman–Crippen LogP) is 4.08. The molecule has 2 atom stereocenters. The van der Waals surface area contributed by atoms with E-state index in [4.69, 9.17) is 0 Å². The van der Waals surface area contributed by atoms with Gasteiger partial charge in [-0.2, -0.15) is 0 Å². The highest BCUT2D eigenvalue weighted by atomic mass is 32.2. The number of fused-ring (bicyclic) bond motifs is 1. The van der Waals surface area contributed by atoms with E-state index in [1.54, 1.807) is 4.90 Å². The number of amides is 1. The van der Waals surface area contributed by atoms with Crippen molar-refractivity contribution in [2.45, 2.75) is 58.2 Å². The standard InChI is InChI=1S/C22H29N3O2S/c1-14-18(15(2)24-28(27)22(3,4)5)12-23-13-19(14)16-7-9-20-17(11-16)8-10-21(26)25(20)6/h7,9,11-13,15,24H,8,10H2,1-6H3/t15-,28?/m1/s1. The predicted molar refractivity (Wildman–Crippen MR) is 116 cm³/mol. The number of rotatable bonds is 4. The third-order valence-corrected chi connectivity index (χ3v) is 6.97. The molecule has 1 amide bonds. The summed E-state index contributed by atoms with van der Waals surface area (Å²) >= 11 is -1.15. The van der Waals surface area contributed by atoms with E-state index in [1.807, 2.05) is 59.3 Å². The molecule has 0 aliphatic carbocycles. The number of aromatic nitrogens is 1. The van der Waals surface area contributed by atoms with Crippen LogP contribution in [-0.2, 0) is 22.6 Å². The lowest BCUT2D eigenvalue weighted by atomic mass is 9.93. The van der Waals surface area contributed by atoms with Crippen LogP contribution in [0.5, 0.6) is 0 Å². The van der Waals surface area contributed by atoms with Gasteiger partial charge in [0.25, 0.3) is 0 Å². The van der Waals surface area contributed by atoms with Crippen molar-refractivity contribution in [1.82, 2.24) is 9.71 Å². The monoisotopic (exact) mass is 399 g/mol. The van der Waals surface area contributed by atoms with Crippen LogP contribution in [0.15, 0.2) is 30.6 Å². The highest BCUT2D eigenvalue weighted by Crippen LogP contribution is 2.34. The fourth-order valence-electron chi connectivity index (χ4n) is 3.49. The summed E-state index contributed by atoms with van der Waals surface area (Å²) < 4.78 is 15.4. The fraction of sp³-hybridized carbons (Fsp3) is 0.455. The van der Waals surface area contributed by atoms with Crippen LogP contribution in [0.25, 0.3) is 11.1 Å². The Morgan fingerprint density at radius 1 is 1.25 bits per heavy atom. The number of hydrogen-bond acceptors (Lipinski definition) is 4. The van der Waals surface area contributed by atoms with Crippen molar-refractivity contribution in [3.8, 4) is 11.1 Å². The molecule has 0 fully saturated rings. The number of benzene rings is 1. The third-order valence-electron chi connectivity index (χ3n) is 5.29. The zero-order valence-corrected chi connectivity index (χ0v) is 18.3. The van der Waals surface area contributed by atoms with E-state index in [-0.39, 0.29) is 16.7 Å². The summed E-state index contributed by atoms with van der Waals surface area (Å²) in [5.41, 5.74) is 6.50. The molecule has 1 aliphatic heterocycles. The van der Waals surface area contributed by atoms with Gasteiger partial charge in [0.1, 0.15) is 4.75 Å². The van der Waals surface area contributed by atoms with Crippen molar-refractivity contribution in [2.75, 3.05) is 11.9 Å². The number of aryl methyl sites for hydroxylation is 1. The Morgan fingerprint density at radius 3 is 2.64 bits per heavy atom. The van der Waals surface area contributed by atoms with E-state index < -0.39 is 11.4 Å². The smallest absolute Gasteiger partial charge is 0.227 e. The Labute approximate surface area is 170 Å². The molecule has 1 aromatic heterocycles. The number of carbonyl (C=O) groups excluding carboxylic acids is 1. The Hall–Kier alpha value is -1.89. The zero-order chi connectivity index (χ0) is 20.6. The van der Waals surface area contributed by atoms with Gasteiger partial charge in [-0.1, -0.05) is 6.07 Å². The highest BCUT2D eigenvalue weighted by molar-refractivity contribution is 7.90. The molecule has 1 N–H and O–H groups in total. The Balaban J connectivity index is 1.92. The lowest BCUT2D eigenvalue weighted by molar-refractivity contribution is -0.118. The van der Waals surface area contributed by atoms with Gasteiger partial charge in [-0.05, 0) is 75.4 Å². The first-order valence-corrected chi connectivity index (χ1v) is 10.8. The number of carbonyl (C=O) groups is 1. The van der Waals surface area contributed by atoms with Crippen LogP contribution in [-0.4, -0.2) is 27.2 Å². The number of nitrogens with zero attached hydrogens (tertiary/aromatic N) is 2. The molecule has 3 rings (SSSR count). The summed E-state index contributed by atoms with van der Waals surface area (Å²) in [5, 5.41) is 0. The van der Waals surface area contributed by atoms with Crippen LogP contribution in [0.3, 0.4) is 0 Å². The summed E-state index contributed by atoms with van der Waals surface area (Å²) in [5.74, 6) is 0.159. The molecule has 0 saturated heterocycles. The molecule has 150 valence electrons. The van der Waals surface area contributed by atoms with Crippen LogP contribution in [0.4, 0.5) is 5.69 Å². The van der Waals surface area contributed by atoms with E-state index in [0.717, 1.165) is 34.4 Å². The largest absolute Gasteiger partial charge is 0.598 e. The third kappa shape index (κ3) is 4.09. The molecule has 28 heavy (non-hydrogen) atoms. The van der Waals surface area contributed by atoms with E-state index in [0.29, 0.717) is 6.42 Å². The second-order valence-electron chi connectivity index (χ2n) is 8.42. The van der Waals surface area contributed by atoms with Crippen LogP contribution in [0, 0.1) is 6.92 Å². The number of nitrogens with one attached hydrogen (secondary N) is 1. The molecule has 2 heterocycles. The van der Waals surface area contributed by atoms with Gasteiger partial charge in [-0.15, -0.1) is 4.72 Å². The molecule has 5 nitrogen and oxygen atoms in total. The van der Waals surface area contributed by atoms with Crippen LogP contribution < -0.4 is 9.62 Å². The molecular formula is C22H29N3O2S. The first kappa shape index (κ1) is 20.8. The number of hydrogen-bond donors (Lipinski definition) is 1. The molecule has 2 aromatic rings. The lowest BCUT2D eigenvalue weighted by Crippen LogP contribution is -2.40. The van der Waals surface area contributed by atoms with Gasteiger partial charge in [0.05, 0.1) is 6.04 Å². The second kappa shape index (κ2) is 7.85. The Kier molecular flexibility index (Phi) is 5.84. The van der Waals surface area contributed by atoms with Crippen LogP contribution >= 0.6 is 0 Å². The number of anilines is 1. The topological polar surface area (TPSA) is 68.3 Å². The van der Waals surface area contributed by atoms with Gasteiger partial charge in [0.15, 0.2) is 0 Å². The summed E-state index contributed by atoms with van der Waals surface area (Å²) in [6.07, 6.45) is 5.04. The van der Waals surface area contributed by atoms with Gasteiger partial charge in [-0.3, -0.25) is 9.78 Å². The second-order valence-corrected chi connectivity index (χ2v) is 10.4. The minimum Gasteiger partial charge on any atom is -0.598 e. The summed E-state index contributed by atoms with van der Waals surface area (Å²) in [6.45, 7) is 9.97. The lowest BCUT2D eigenvalue weighted by Gasteiger charge is -2.28. The molecule has 6 heteroatoms. The van der Waals surface area contributed by atoms with Gasteiger partial charge in [0, 0.05) is 48.5 Å². The molecular weight excluding hydrogens is 370 g/mol. The molecule has 1 unspecified atom stereocenters. The van der Waals surface area contributed by atoms with Crippen molar-refractivity contribution in [1.29, 1.82) is 0 Å². The van der Waals surface area contributed by atoms with Crippen molar-refractivity contribution in [3.05, 3.63) is 47.3 Å². The SMILES string of the molecule is Cc1c(-c2ccc3c(c2)CCC(=O)N3C)cncc1[C@@H](C)N[S+]([O-])C(C)(C)C. The van der Waals surface area contributed by atoms with Crippen molar-refractivity contribution < 1.29 is 9.35 Å². The number of pyridine rings is 1. The Bertz CT molecular complexity index is 892. The first-order valence-electron chi connectivity index (χ1n) is 9.62. The normalized spacial score (nSPS) is 16.7. The highest BCUT2D eigenvalue weighted by Gasteiger charge is 2.29.